The first-order chi connectivity index (χ1) is 9.19. The Morgan fingerprint density at radius 3 is 2.79 bits per heavy atom. The van der Waals surface area contributed by atoms with Crippen LogP contribution in [0.4, 0.5) is 17.5 Å². The molecule has 0 unspecified atom stereocenters. The average molecular weight is 256 g/mol. The van der Waals surface area contributed by atoms with E-state index in [-0.39, 0.29) is 0 Å². The predicted octanol–water partition coefficient (Wildman–Crippen LogP) is 3.66. The minimum absolute atomic E-state index is 0.620. The highest BCUT2D eigenvalue weighted by Gasteiger charge is 2.02. The molecule has 19 heavy (non-hydrogen) atoms. The number of hydrogen-bond donors (Lipinski definition) is 2. The molecule has 4 heteroatoms. The lowest BCUT2D eigenvalue weighted by Crippen LogP contribution is -2.05. The van der Waals surface area contributed by atoms with Gasteiger partial charge in [0.15, 0.2) is 0 Å². The minimum Gasteiger partial charge on any atom is -0.370 e. The van der Waals surface area contributed by atoms with E-state index in [1.807, 2.05) is 6.07 Å². The van der Waals surface area contributed by atoms with Gasteiger partial charge >= 0.3 is 0 Å². The summed E-state index contributed by atoms with van der Waals surface area (Å²) in [6.45, 7) is 7.19. The molecular weight excluding hydrogens is 236 g/mol. The first-order valence-electron chi connectivity index (χ1n) is 6.60. The van der Waals surface area contributed by atoms with Crippen LogP contribution in [0.2, 0.25) is 0 Å². The van der Waals surface area contributed by atoms with Crippen LogP contribution in [0.3, 0.4) is 0 Å². The van der Waals surface area contributed by atoms with Crippen molar-refractivity contribution >= 4 is 17.5 Å². The number of nitrogens with zero attached hydrogens (tertiary/aromatic N) is 2. The summed E-state index contributed by atoms with van der Waals surface area (Å²) in [6, 6.07) is 8.17. The van der Waals surface area contributed by atoms with Gasteiger partial charge in [-0.25, -0.2) is 4.98 Å². The van der Waals surface area contributed by atoms with E-state index in [2.05, 4.69) is 59.6 Å². The number of benzene rings is 1. The van der Waals surface area contributed by atoms with Crippen molar-refractivity contribution in [1.82, 2.24) is 9.97 Å². The molecule has 1 aromatic carbocycles. The maximum absolute atomic E-state index is 4.44. The average Bonchev–Trinajstić information content (AvgIpc) is 2.41. The van der Waals surface area contributed by atoms with Gasteiger partial charge in [0.25, 0.3) is 0 Å². The molecule has 0 aliphatic carbocycles. The molecule has 0 atom stereocenters. The van der Waals surface area contributed by atoms with Gasteiger partial charge in [0, 0.05) is 18.4 Å². The highest BCUT2D eigenvalue weighted by atomic mass is 15.1. The Morgan fingerprint density at radius 2 is 2.00 bits per heavy atom. The van der Waals surface area contributed by atoms with Crippen molar-refractivity contribution in [2.75, 3.05) is 17.2 Å². The van der Waals surface area contributed by atoms with Gasteiger partial charge in [0.2, 0.25) is 5.95 Å². The van der Waals surface area contributed by atoms with Crippen LogP contribution in [-0.4, -0.2) is 16.5 Å². The second-order valence-electron chi connectivity index (χ2n) is 4.64. The van der Waals surface area contributed by atoms with Crippen LogP contribution in [-0.2, 0) is 0 Å². The third-order valence-electron chi connectivity index (χ3n) is 2.85. The summed E-state index contributed by atoms with van der Waals surface area (Å²) in [4.78, 5) is 8.69. The fourth-order valence-electron chi connectivity index (χ4n) is 1.76. The number of nitrogens with one attached hydrogen (secondary N) is 2. The van der Waals surface area contributed by atoms with Crippen molar-refractivity contribution in [1.29, 1.82) is 0 Å². The van der Waals surface area contributed by atoms with Gasteiger partial charge in [0.05, 0.1) is 0 Å². The molecule has 2 rings (SSSR count). The normalized spacial score (nSPS) is 10.3. The number of aryl methyl sites for hydroxylation is 2. The van der Waals surface area contributed by atoms with Gasteiger partial charge in [0.1, 0.15) is 5.82 Å². The van der Waals surface area contributed by atoms with Crippen LogP contribution >= 0.6 is 0 Å². The maximum atomic E-state index is 4.44. The Morgan fingerprint density at radius 1 is 1.16 bits per heavy atom. The molecule has 0 spiro atoms. The van der Waals surface area contributed by atoms with E-state index in [4.69, 9.17) is 0 Å². The van der Waals surface area contributed by atoms with Gasteiger partial charge in [-0.2, -0.15) is 4.98 Å². The standard InChI is InChI=1S/C15H20N4/c1-4-8-16-14-7-9-17-15(19-14)18-13-10-11(2)5-6-12(13)3/h5-7,9-10H,4,8H2,1-3H3,(H2,16,17,18,19). The summed E-state index contributed by atoms with van der Waals surface area (Å²) >= 11 is 0. The molecule has 0 saturated heterocycles. The van der Waals surface area contributed by atoms with Crippen molar-refractivity contribution < 1.29 is 0 Å². The quantitative estimate of drug-likeness (QED) is 0.857. The van der Waals surface area contributed by atoms with Crippen LogP contribution in [0, 0.1) is 13.8 Å². The van der Waals surface area contributed by atoms with Gasteiger partial charge in [-0.3, -0.25) is 0 Å². The zero-order valence-corrected chi connectivity index (χ0v) is 11.7. The van der Waals surface area contributed by atoms with Crippen LogP contribution in [0.25, 0.3) is 0 Å². The molecule has 2 N–H and O–H groups in total. The first kappa shape index (κ1) is 13.3. The largest absolute Gasteiger partial charge is 0.370 e. The summed E-state index contributed by atoms with van der Waals surface area (Å²) < 4.78 is 0. The zero-order valence-electron chi connectivity index (χ0n) is 11.7. The Bertz CT molecular complexity index is 552. The molecule has 1 aromatic heterocycles. The van der Waals surface area contributed by atoms with E-state index in [0.29, 0.717) is 5.95 Å². The molecule has 0 bridgehead atoms. The van der Waals surface area contributed by atoms with Crippen molar-refractivity contribution in [2.24, 2.45) is 0 Å². The lowest BCUT2D eigenvalue weighted by atomic mass is 10.1. The molecule has 0 fully saturated rings. The molecule has 0 saturated carbocycles. The molecule has 4 nitrogen and oxygen atoms in total. The molecular formula is C15H20N4. The van der Waals surface area contributed by atoms with Crippen LogP contribution < -0.4 is 10.6 Å². The monoisotopic (exact) mass is 256 g/mol. The Balaban J connectivity index is 2.16. The molecule has 0 aliphatic heterocycles. The summed E-state index contributed by atoms with van der Waals surface area (Å²) in [5.74, 6) is 1.47. The SMILES string of the molecule is CCCNc1ccnc(Nc2cc(C)ccc2C)n1. The van der Waals surface area contributed by atoms with Gasteiger partial charge in [-0.05, 0) is 43.5 Å². The number of anilines is 3. The number of rotatable bonds is 5. The van der Waals surface area contributed by atoms with Crippen molar-refractivity contribution in [3.8, 4) is 0 Å². The molecule has 0 radical (unpaired) electrons. The molecule has 1 heterocycles. The fraction of sp³-hybridized carbons (Fsp3) is 0.333. The number of aromatic nitrogens is 2. The summed E-state index contributed by atoms with van der Waals surface area (Å²) in [7, 11) is 0. The highest BCUT2D eigenvalue weighted by molar-refractivity contribution is 5.60. The summed E-state index contributed by atoms with van der Waals surface area (Å²) in [5.41, 5.74) is 3.45. The van der Waals surface area contributed by atoms with E-state index < -0.39 is 0 Å². The third kappa shape index (κ3) is 3.68. The lowest BCUT2D eigenvalue weighted by molar-refractivity contribution is 0.965. The van der Waals surface area contributed by atoms with E-state index in [1.165, 1.54) is 11.1 Å². The van der Waals surface area contributed by atoms with Crippen molar-refractivity contribution in [3.63, 3.8) is 0 Å². The van der Waals surface area contributed by atoms with Gasteiger partial charge in [-0.15, -0.1) is 0 Å². The van der Waals surface area contributed by atoms with Crippen molar-refractivity contribution in [2.45, 2.75) is 27.2 Å². The van der Waals surface area contributed by atoms with Crippen LogP contribution in [0.1, 0.15) is 24.5 Å². The Kier molecular flexibility index (Phi) is 4.34. The van der Waals surface area contributed by atoms with E-state index >= 15 is 0 Å². The number of hydrogen-bond acceptors (Lipinski definition) is 4. The Labute approximate surface area is 114 Å². The summed E-state index contributed by atoms with van der Waals surface area (Å²) in [5, 5.41) is 6.52. The minimum atomic E-state index is 0.620. The van der Waals surface area contributed by atoms with Crippen LogP contribution in [0.5, 0.6) is 0 Å². The van der Waals surface area contributed by atoms with E-state index in [1.54, 1.807) is 6.20 Å². The van der Waals surface area contributed by atoms with Crippen LogP contribution in [0.15, 0.2) is 30.5 Å². The Hall–Kier alpha value is -2.10. The zero-order chi connectivity index (χ0) is 13.7. The second kappa shape index (κ2) is 6.18. The van der Waals surface area contributed by atoms with E-state index in [9.17, 15) is 0 Å². The fourth-order valence-corrected chi connectivity index (χ4v) is 1.76. The van der Waals surface area contributed by atoms with Gasteiger partial charge < -0.3 is 10.6 Å². The lowest BCUT2D eigenvalue weighted by Gasteiger charge is -2.10. The highest BCUT2D eigenvalue weighted by Crippen LogP contribution is 2.20. The predicted molar refractivity (Wildman–Crippen MR) is 80.0 cm³/mol. The molecule has 100 valence electrons. The third-order valence-corrected chi connectivity index (χ3v) is 2.85. The molecule has 2 aromatic rings. The second-order valence-corrected chi connectivity index (χ2v) is 4.64. The van der Waals surface area contributed by atoms with Gasteiger partial charge in [-0.1, -0.05) is 19.1 Å². The van der Waals surface area contributed by atoms with E-state index in [0.717, 1.165) is 24.5 Å². The topological polar surface area (TPSA) is 49.8 Å². The van der Waals surface area contributed by atoms with Crippen molar-refractivity contribution in [3.05, 3.63) is 41.6 Å². The molecule has 0 aliphatic rings. The molecule has 0 amide bonds. The first-order valence-corrected chi connectivity index (χ1v) is 6.60. The smallest absolute Gasteiger partial charge is 0.229 e. The maximum Gasteiger partial charge on any atom is 0.229 e. The summed E-state index contributed by atoms with van der Waals surface area (Å²) in [6.07, 6.45) is 2.84.